The highest BCUT2D eigenvalue weighted by atomic mass is 32.1. The molecule has 0 spiro atoms. The summed E-state index contributed by atoms with van der Waals surface area (Å²) < 4.78 is 5.16. The average Bonchev–Trinajstić information content (AvgIpc) is 3.20. The molecule has 3 aromatic rings. The first-order chi connectivity index (χ1) is 12.3. The molecule has 0 aliphatic carbocycles. The van der Waals surface area contributed by atoms with E-state index in [0.29, 0.717) is 12.8 Å². The third-order valence-corrected chi connectivity index (χ3v) is 5.00. The zero-order valence-electron chi connectivity index (χ0n) is 14.1. The molecule has 0 unspecified atom stereocenters. The van der Waals surface area contributed by atoms with Crippen LogP contribution in [-0.4, -0.2) is 13.0 Å². The van der Waals surface area contributed by atoms with Gasteiger partial charge in [0.1, 0.15) is 5.75 Å². The number of aryl methyl sites for hydroxylation is 1. The van der Waals surface area contributed by atoms with Gasteiger partial charge in [-0.1, -0.05) is 48.5 Å². The lowest BCUT2D eigenvalue weighted by Gasteiger charge is -2.18. The molecule has 0 radical (unpaired) electrons. The van der Waals surface area contributed by atoms with Crippen molar-refractivity contribution in [3.63, 3.8) is 0 Å². The van der Waals surface area contributed by atoms with Gasteiger partial charge in [-0.05, 0) is 41.1 Å². The van der Waals surface area contributed by atoms with Crippen LogP contribution in [0.2, 0.25) is 0 Å². The summed E-state index contributed by atoms with van der Waals surface area (Å²) in [5, 5.41) is 5.21. The van der Waals surface area contributed by atoms with Gasteiger partial charge in [0.15, 0.2) is 0 Å². The summed E-state index contributed by atoms with van der Waals surface area (Å²) in [5.41, 5.74) is 2.23. The summed E-state index contributed by atoms with van der Waals surface area (Å²) in [6, 6.07) is 21.9. The molecule has 1 aromatic heterocycles. The molecule has 1 N–H and O–H groups in total. The minimum atomic E-state index is -0.0930. The zero-order valence-corrected chi connectivity index (χ0v) is 15.0. The summed E-state index contributed by atoms with van der Waals surface area (Å²) in [6.07, 6.45) is 1.17. The fraction of sp³-hybridized carbons (Fsp3) is 0.190. The summed E-state index contributed by atoms with van der Waals surface area (Å²) in [5.74, 6) is 0.883. The van der Waals surface area contributed by atoms with E-state index >= 15 is 0 Å². The van der Waals surface area contributed by atoms with E-state index in [1.54, 1.807) is 18.4 Å². The first-order valence-electron chi connectivity index (χ1n) is 8.27. The quantitative estimate of drug-likeness (QED) is 0.676. The number of ether oxygens (including phenoxy) is 1. The Labute approximate surface area is 152 Å². The second-order valence-electron chi connectivity index (χ2n) is 5.77. The molecule has 0 fully saturated rings. The van der Waals surface area contributed by atoms with Crippen molar-refractivity contribution in [3.8, 4) is 5.75 Å². The largest absolute Gasteiger partial charge is 0.497 e. The van der Waals surface area contributed by atoms with Gasteiger partial charge in [0.25, 0.3) is 0 Å². The predicted octanol–water partition coefficient (Wildman–Crippen LogP) is 4.60. The maximum Gasteiger partial charge on any atom is 0.221 e. The summed E-state index contributed by atoms with van der Waals surface area (Å²) in [7, 11) is 1.65. The van der Waals surface area contributed by atoms with Crippen molar-refractivity contribution in [1.82, 2.24) is 5.32 Å². The Morgan fingerprint density at radius 3 is 2.44 bits per heavy atom. The highest BCUT2D eigenvalue weighted by molar-refractivity contribution is 7.10. The molecule has 4 heteroatoms. The lowest BCUT2D eigenvalue weighted by molar-refractivity contribution is -0.121. The van der Waals surface area contributed by atoms with Crippen molar-refractivity contribution in [3.05, 3.63) is 88.1 Å². The van der Waals surface area contributed by atoms with E-state index < -0.39 is 0 Å². The molecule has 0 saturated heterocycles. The third kappa shape index (κ3) is 4.70. The number of methoxy groups -OCH3 is 1. The predicted molar refractivity (Wildman–Crippen MR) is 102 cm³/mol. The van der Waals surface area contributed by atoms with E-state index in [1.807, 2.05) is 66.0 Å². The van der Waals surface area contributed by atoms with E-state index in [2.05, 4.69) is 11.4 Å². The van der Waals surface area contributed by atoms with Crippen LogP contribution in [0.1, 0.15) is 28.5 Å². The lowest BCUT2D eigenvalue weighted by atomic mass is 10.0. The number of rotatable bonds is 7. The maximum absolute atomic E-state index is 12.5. The van der Waals surface area contributed by atoms with E-state index in [4.69, 9.17) is 4.74 Å². The Hall–Kier alpha value is -2.59. The molecule has 0 saturated carbocycles. The van der Waals surface area contributed by atoms with Crippen LogP contribution in [0.3, 0.4) is 0 Å². The van der Waals surface area contributed by atoms with Gasteiger partial charge < -0.3 is 10.1 Å². The Morgan fingerprint density at radius 1 is 1.04 bits per heavy atom. The smallest absolute Gasteiger partial charge is 0.221 e. The number of hydrogen-bond acceptors (Lipinski definition) is 3. The zero-order chi connectivity index (χ0) is 17.5. The van der Waals surface area contributed by atoms with Crippen LogP contribution in [0.25, 0.3) is 0 Å². The van der Waals surface area contributed by atoms with Gasteiger partial charge in [-0.15, -0.1) is 11.3 Å². The Morgan fingerprint density at radius 2 is 1.80 bits per heavy atom. The highest BCUT2D eigenvalue weighted by Crippen LogP contribution is 2.26. The molecule has 0 bridgehead atoms. The fourth-order valence-corrected chi connectivity index (χ4v) is 3.51. The molecule has 2 aromatic carbocycles. The van der Waals surface area contributed by atoms with Crippen molar-refractivity contribution in [2.24, 2.45) is 0 Å². The number of amides is 1. The van der Waals surface area contributed by atoms with E-state index in [-0.39, 0.29) is 11.9 Å². The Balaban J connectivity index is 1.64. The topological polar surface area (TPSA) is 38.3 Å². The van der Waals surface area contributed by atoms with E-state index in [9.17, 15) is 4.79 Å². The van der Waals surface area contributed by atoms with Gasteiger partial charge in [-0.3, -0.25) is 4.79 Å². The van der Waals surface area contributed by atoms with Gasteiger partial charge in [0.05, 0.1) is 13.2 Å². The maximum atomic E-state index is 12.5. The molecule has 0 aliphatic rings. The van der Waals surface area contributed by atoms with Crippen LogP contribution in [0.4, 0.5) is 0 Å². The van der Waals surface area contributed by atoms with Gasteiger partial charge in [0.2, 0.25) is 5.91 Å². The normalized spacial score (nSPS) is 11.7. The molecule has 128 valence electrons. The van der Waals surface area contributed by atoms with Crippen molar-refractivity contribution >= 4 is 17.2 Å². The number of nitrogens with one attached hydrogen (secondary N) is 1. The first-order valence-corrected chi connectivity index (χ1v) is 9.15. The SMILES string of the molecule is COc1ccc(CCC(=O)N[C@@H](c2ccccc2)c2cccs2)cc1. The summed E-state index contributed by atoms with van der Waals surface area (Å²) >= 11 is 1.66. The Bertz CT molecular complexity index is 783. The number of carbonyl (C=O) groups excluding carboxylic acids is 1. The molecule has 1 atom stereocenters. The van der Waals surface area contributed by atoms with E-state index in [1.165, 1.54) is 0 Å². The van der Waals surface area contributed by atoms with Gasteiger partial charge in [-0.2, -0.15) is 0 Å². The number of carbonyl (C=O) groups is 1. The van der Waals surface area contributed by atoms with Gasteiger partial charge in [-0.25, -0.2) is 0 Å². The van der Waals surface area contributed by atoms with E-state index in [0.717, 1.165) is 21.8 Å². The molecular formula is C21H21NO2S. The second-order valence-corrected chi connectivity index (χ2v) is 6.75. The van der Waals surface area contributed by atoms with Crippen LogP contribution < -0.4 is 10.1 Å². The molecule has 1 amide bonds. The molecule has 1 heterocycles. The minimum Gasteiger partial charge on any atom is -0.497 e. The molecule has 25 heavy (non-hydrogen) atoms. The summed E-state index contributed by atoms with van der Waals surface area (Å²) in [6.45, 7) is 0. The van der Waals surface area contributed by atoms with Crippen molar-refractivity contribution < 1.29 is 9.53 Å². The monoisotopic (exact) mass is 351 g/mol. The van der Waals surface area contributed by atoms with Crippen LogP contribution >= 0.6 is 11.3 Å². The lowest BCUT2D eigenvalue weighted by Crippen LogP contribution is -2.28. The summed E-state index contributed by atoms with van der Waals surface area (Å²) in [4.78, 5) is 13.6. The van der Waals surface area contributed by atoms with Crippen LogP contribution in [0, 0.1) is 0 Å². The van der Waals surface area contributed by atoms with Crippen LogP contribution in [0.5, 0.6) is 5.75 Å². The van der Waals surface area contributed by atoms with Crippen molar-refractivity contribution in [2.75, 3.05) is 7.11 Å². The fourth-order valence-electron chi connectivity index (χ4n) is 2.70. The molecule has 0 aliphatic heterocycles. The second kappa shape index (κ2) is 8.49. The molecule has 3 nitrogen and oxygen atoms in total. The molecule has 3 rings (SSSR count). The van der Waals surface area contributed by atoms with Crippen molar-refractivity contribution in [1.29, 1.82) is 0 Å². The standard InChI is InChI=1S/C21H21NO2S/c1-24-18-12-9-16(10-13-18)11-14-20(23)22-21(19-8-5-15-25-19)17-6-3-2-4-7-17/h2-10,12-13,15,21H,11,14H2,1H3,(H,22,23)/t21-/m0/s1. The minimum absolute atomic E-state index is 0.0538. The molecular weight excluding hydrogens is 330 g/mol. The third-order valence-electron chi connectivity index (χ3n) is 4.07. The Kier molecular flexibility index (Phi) is 5.86. The van der Waals surface area contributed by atoms with Gasteiger partial charge in [0, 0.05) is 11.3 Å². The van der Waals surface area contributed by atoms with Crippen molar-refractivity contribution in [2.45, 2.75) is 18.9 Å². The van der Waals surface area contributed by atoms with Gasteiger partial charge >= 0.3 is 0 Å². The number of thiophene rings is 1. The van der Waals surface area contributed by atoms with Crippen LogP contribution in [-0.2, 0) is 11.2 Å². The first kappa shape index (κ1) is 17.2. The van der Waals surface area contributed by atoms with Crippen LogP contribution in [0.15, 0.2) is 72.1 Å². The number of benzene rings is 2. The average molecular weight is 351 g/mol. The number of hydrogen-bond donors (Lipinski definition) is 1. The highest BCUT2D eigenvalue weighted by Gasteiger charge is 2.17.